The third kappa shape index (κ3) is 3.97. The van der Waals surface area contributed by atoms with Gasteiger partial charge in [0.1, 0.15) is 11.6 Å². The first kappa shape index (κ1) is 15.7. The second kappa shape index (κ2) is 6.52. The van der Waals surface area contributed by atoms with Crippen molar-refractivity contribution in [3.8, 4) is 5.75 Å². The number of hydrogen-bond donors (Lipinski definition) is 1. The molecule has 7 heteroatoms. The molecule has 0 spiro atoms. The molecule has 1 N–H and O–H groups in total. The Kier molecular flexibility index (Phi) is 4.45. The topological polar surface area (TPSA) is 54.0 Å². The third-order valence-electron chi connectivity index (χ3n) is 4.11. The summed E-state index contributed by atoms with van der Waals surface area (Å²) in [5.74, 6) is -0.430. The fourth-order valence-corrected chi connectivity index (χ4v) is 2.63. The van der Waals surface area contributed by atoms with Crippen LogP contribution in [-0.2, 0) is 12.8 Å². The van der Waals surface area contributed by atoms with E-state index in [0.29, 0.717) is 19.0 Å². The number of H-pyrrole nitrogens is 1. The van der Waals surface area contributed by atoms with Gasteiger partial charge < -0.3 is 9.64 Å². The van der Waals surface area contributed by atoms with Gasteiger partial charge in [0.15, 0.2) is 0 Å². The van der Waals surface area contributed by atoms with Gasteiger partial charge in [0.2, 0.25) is 5.95 Å². The number of halogens is 2. The van der Waals surface area contributed by atoms with E-state index in [9.17, 15) is 8.78 Å². The molecule has 1 saturated heterocycles. The number of aromatic nitrogens is 3. The average Bonchev–Trinajstić information content (AvgIpc) is 3.02. The van der Waals surface area contributed by atoms with Crippen molar-refractivity contribution in [3.05, 3.63) is 35.7 Å². The van der Waals surface area contributed by atoms with Crippen LogP contribution in [0.2, 0.25) is 0 Å². The van der Waals surface area contributed by atoms with Gasteiger partial charge >= 0.3 is 0 Å². The number of anilines is 1. The summed E-state index contributed by atoms with van der Waals surface area (Å²) in [4.78, 5) is 6.23. The van der Waals surface area contributed by atoms with Crippen LogP contribution in [0.5, 0.6) is 5.75 Å². The van der Waals surface area contributed by atoms with E-state index >= 15 is 0 Å². The number of piperidine rings is 1. The molecule has 124 valence electrons. The van der Waals surface area contributed by atoms with Crippen LogP contribution in [0, 0.1) is 0 Å². The molecular formula is C16H20F2N4O. The normalized spacial score (nSPS) is 17.3. The minimum atomic E-state index is -2.55. The number of methoxy groups -OCH3 is 1. The van der Waals surface area contributed by atoms with Crippen molar-refractivity contribution in [3.63, 3.8) is 0 Å². The number of nitrogens with zero attached hydrogens (tertiary/aromatic N) is 3. The van der Waals surface area contributed by atoms with Crippen molar-refractivity contribution in [2.75, 3.05) is 25.1 Å². The Bertz CT molecular complexity index is 632. The zero-order valence-electron chi connectivity index (χ0n) is 13.1. The highest BCUT2D eigenvalue weighted by Crippen LogP contribution is 2.29. The van der Waals surface area contributed by atoms with Gasteiger partial charge in [-0.3, -0.25) is 5.10 Å². The smallest absolute Gasteiger partial charge is 0.251 e. The number of benzene rings is 1. The molecule has 1 aromatic carbocycles. The SMILES string of the molecule is COc1ccc(CCc2nc(N3CCC(F)(F)CC3)n[nH]2)cc1. The van der Waals surface area contributed by atoms with Crippen molar-refractivity contribution < 1.29 is 13.5 Å². The molecule has 0 amide bonds. The molecule has 1 aliphatic rings. The van der Waals surface area contributed by atoms with Gasteiger partial charge in [0, 0.05) is 32.4 Å². The summed E-state index contributed by atoms with van der Waals surface area (Å²) in [6.45, 7) is 0.589. The minimum absolute atomic E-state index is 0.136. The Morgan fingerprint density at radius 1 is 1.17 bits per heavy atom. The molecule has 1 aromatic heterocycles. The van der Waals surface area contributed by atoms with Crippen LogP contribution in [-0.4, -0.2) is 41.3 Å². The molecule has 0 saturated carbocycles. The van der Waals surface area contributed by atoms with Gasteiger partial charge in [0.05, 0.1) is 7.11 Å². The van der Waals surface area contributed by atoms with Crippen molar-refractivity contribution >= 4 is 5.95 Å². The molecular weight excluding hydrogens is 302 g/mol. The van der Waals surface area contributed by atoms with E-state index in [1.165, 1.54) is 5.56 Å². The highest BCUT2D eigenvalue weighted by molar-refractivity contribution is 5.30. The van der Waals surface area contributed by atoms with Gasteiger partial charge in [0.25, 0.3) is 5.92 Å². The first-order valence-electron chi connectivity index (χ1n) is 7.73. The largest absolute Gasteiger partial charge is 0.497 e. The van der Waals surface area contributed by atoms with E-state index in [4.69, 9.17) is 4.74 Å². The van der Waals surface area contributed by atoms with Crippen LogP contribution in [0.3, 0.4) is 0 Å². The molecule has 2 heterocycles. The van der Waals surface area contributed by atoms with Crippen LogP contribution in [0.1, 0.15) is 24.2 Å². The van der Waals surface area contributed by atoms with Crippen molar-refractivity contribution in [1.82, 2.24) is 15.2 Å². The van der Waals surface area contributed by atoms with Gasteiger partial charge in [-0.25, -0.2) is 8.78 Å². The van der Waals surface area contributed by atoms with Crippen LogP contribution >= 0.6 is 0 Å². The second-order valence-electron chi connectivity index (χ2n) is 5.77. The van der Waals surface area contributed by atoms with E-state index in [1.54, 1.807) is 7.11 Å². The predicted octanol–water partition coefficient (Wildman–Crippen LogP) is 2.83. The van der Waals surface area contributed by atoms with Crippen molar-refractivity contribution in [2.45, 2.75) is 31.6 Å². The third-order valence-corrected chi connectivity index (χ3v) is 4.11. The fourth-order valence-electron chi connectivity index (χ4n) is 2.63. The van der Waals surface area contributed by atoms with Gasteiger partial charge in [-0.1, -0.05) is 12.1 Å². The second-order valence-corrected chi connectivity index (χ2v) is 5.77. The number of nitrogens with one attached hydrogen (secondary N) is 1. The zero-order valence-corrected chi connectivity index (χ0v) is 13.1. The molecule has 0 radical (unpaired) electrons. The maximum Gasteiger partial charge on any atom is 0.251 e. The summed E-state index contributed by atoms with van der Waals surface area (Å²) in [6, 6.07) is 7.88. The predicted molar refractivity (Wildman–Crippen MR) is 83.2 cm³/mol. The Labute approximate surface area is 133 Å². The molecule has 0 atom stereocenters. The Balaban J connectivity index is 1.55. The number of rotatable bonds is 5. The monoisotopic (exact) mass is 322 g/mol. The molecule has 0 bridgehead atoms. The maximum absolute atomic E-state index is 13.2. The minimum Gasteiger partial charge on any atom is -0.497 e. The first-order chi connectivity index (χ1) is 11.1. The quantitative estimate of drug-likeness (QED) is 0.920. The summed E-state index contributed by atoms with van der Waals surface area (Å²) >= 11 is 0. The maximum atomic E-state index is 13.2. The summed E-state index contributed by atoms with van der Waals surface area (Å²) in [5, 5.41) is 7.05. The lowest BCUT2D eigenvalue weighted by Gasteiger charge is -2.30. The van der Waals surface area contributed by atoms with Crippen LogP contribution in [0.15, 0.2) is 24.3 Å². The van der Waals surface area contributed by atoms with Gasteiger partial charge in [-0.2, -0.15) is 4.98 Å². The van der Waals surface area contributed by atoms with Crippen molar-refractivity contribution in [2.24, 2.45) is 0 Å². The van der Waals surface area contributed by atoms with Crippen molar-refractivity contribution in [1.29, 1.82) is 0 Å². The Hall–Kier alpha value is -2.18. The van der Waals surface area contributed by atoms with E-state index in [-0.39, 0.29) is 12.8 Å². The molecule has 23 heavy (non-hydrogen) atoms. The van der Waals surface area contributed by atoms with E-state index in [2.05, 4.69) is 15.2 Å². The van der Waals surface area contributed by atoms with E-state index in [0.717, 1.165) is 24.4 Å². The van der Waals surface area contributed by atoms with Crippen LogP contribution in [0.25, 0.3) is 0 Å². The van der Waals surface area contributed by atoms with E-state index in [1.807, 2.05) is 29.2 Å². The molecule has 1 fully saturated rings. The zero-order chi connectivity index (χ0) is 16.3. The average molecular weight is 322 g/mol. The lowest BCUT2D eigenvalue weighted by atomic mass is 10.1. The fraction of sp³-hybridized carbons (Fsp3) is 0.500. The van der Waals surface area contributed by atoms with Crippen LogP contribution in [0.4, 0.5) is 14.7 Å². The summed E-state index contributed by atoms with van der Waals surface area (Å²) in [7, 11) is 1.64. The Morgan fingerprint density at radius 2 is 1.87 bits per heavy atom. The van der Waals surface area contributed by atoms with Crippen LogP contribution < -0.4 is 9.64 Å². The van der Waals surface area contributed by atoms with Gasteiger partial charge in [-0.05, 0) is 24.1 Å². The van der Waals surface area contributed by atoms with E-state index < -0.39 is 5.92 Å². The molecule has 3 rings (SSSR count). The summed E-state index contributed by atoms with van der Waals surface area (Å²) in [5.41, 5.74) is 1.18. The number of alkyl halides is 2. The first-order valence-corrected chi connectivity index (χ1v) is 7.73. The molecule has 5 nitrogen and oxygen atoms in total. The highest BCUT2D eigenvalue weighted by Gasteiger charge is 2.35. The molecule has 1 aliphatic heterocycles. The summed E-state index contributed by atoms with van der Waals surface area (Å²) < 4.78 is 31.5. The molecule has 0 unspecified atom stereocenters. The highest BCUT2D eigenvalue weighted by atomic mass is 19.3. The molecule has 2 aromatic rings. The number of hydrogen-bond acceptors (Lipinski definition) is 4. The lowest BCUT2D eigenvalue weighted by Crippen LogP contribution is -2.39. The molecule has 0 aliphatic carbocycles. The lowest BCUT2D eigenvalue weighted by molar-refractivity contribution is -0.0222. The number of aromatic amines is 1. The number of aryl methyl sites for hydroxylation is 2. The Morgan fingerprint density at radius 3 is 2.52 bits per heavy atom. The standard InChI is InChI=1S/C16H20F2N4O/c1-23-13-5-2-12(3-6-13)4-7-14-19-15(21-20-14)22-10-8-16(17,18)9-11-22/h2-3,5-6H,4,7-11H2,1H3,(H,19,20,21). The van der Waals surface area contributed by atoms with Gasteiger partial charge in [-0.15, -0.1) is 5.10 Å². The number of ether oxygens (including phenoxy) is 1. The summed E-state index contributed by atoms with van der Waals surface area (Å²) in [6.07, 6.45) is 1.28.